The maximum Gasteiger partial charge on any atom is 0.00772 e. The highest BCUT2D eigenvalue weighted by Crippen LogP contribution is 1.65. The Hall–Kier alpha value is -0.580. The number of hydrogen-bond acceptors (Lipinski definition) is 4. The molecular formula is C10H26N4. The Morgan fingerprint density at radius 3 is 1.36 bits per heavy atom. The zero-order valence-electron chi connectivity index (χ0n) is 10.1. The molecule has 0 radical (unpaired) electrons. The summed E-state index contributed by atoms with van der Waals surface area (Å²) in [5.74, 6) is 0. The lowest BCUT2D eigenvalue weighted by molar-refractivity contribution is 0.534. The van der Waals surface area contributed by atoms with Crippen LogP contribution in [0.1, 0.15) is 0 Å². The van der Waals surface area contributed by atoms with Gasteiger partial charge < -0.3 is 20.9 Å². The van der Waals surface area contributed by atoms with E-state index in [4.69, 9.17) is 0 Å². The number of nitrogens with zero attached hydrogens (tertiary/aromatic N) is 1. The summed E-state index contributed by atoms with van der Waals surface area (Å²) in [5, 5.41) is 9.19. The molecule has 4 nitrogen and oxygen atoms in total. The molecule has 0 amide bonds. The molecule has 0 saturated carbocycles. The van der Waals surface area contributed by atoms with Crippen LogP contribution in [-0.2, 0) is 0 Å². The van der Waals surface area contributed by atoms with E-state index in [2.05, 4.69) is 22.5 Å². The van der Waals surface area contributed by atoms with E-state index in [1.54, 1.807) is 6.20 Å². The lowest BCUT2D eigenvalue weighted by atomic mass is 10.4. The average molecular weight is 202 g/mol. The molecule has 1 aliphatic heterocycles. The van der Waals surface area contributed by atoms with Crippen LogP contribution in [0.25, 0.3) is 0 Å². The maximum atomic E-state index is 3.49. The zero-order chi connectivity index (χ0) is 11.2. The van der Waals surface area contributed by atoms with Crippen LogP contribution in [0.5, 0.6) is 0 Å². The first-order chi connectivity index (χ1) is 6.68. The summed E-state index contributed by atoms with van der Waals surface area (Å²) in [6, 6.07) is 0. The normalized spacial score (nSPS) is 14.0. The molecule has 0 bridgehead atoms. The van der Waals surface area contributed by atoms with Gasteiger partial charge in [-0.25, -0.2) is 0 Å². The minimum atomic E-state index is 1.14. The molecule has 0 aromatic rings. The Bertz CT molecular complexity index is 88.8. The maximum absolute atomic E-state index is 3.49. The second-order valence-corrected chi connectivity index (χ2v) is 3.15. The van der Waals surface area contributed by atoms with Gasteiger partial charge in [0.25, 0.3) is 0 Å². The van der Waals surface area contributed by atoms with Crippen molar-refractivity contribution < 1.29 is 0 Å². The number of piperazine rings is 1. The standard InChI is InChI=1S/C4H10N2.C4H9N.C2H7N/c1-2-6-4-3-5-1;1-4-5(2)3;1-3-2/h5-6H,1-4H2;4H,1H2,2-3H3;3H,1-2H3. The second kappa shape index (κ2) is 14.9. The fourth-order valence-corrected chi connectivity index (χ4v) is 0.604. The van der Waals surface area contributed by atoms with E-state index in [1.807, 2.05) is 33.1 Å². The van der Waals surface area contributed by atoms with Crippen LogP contribution < -0.4 is 16.0 Å². The van der Waals surface area contributed by atoms with E-state index < -0.39 is 0 Å². The van der Waals surface area contributed by atoms with Gasteiger partial charge in [-0.15, -0.1) is 0 Å². The van der Waals surface area contributed by atoms with Crippen molar-refractivity contribution in [3.63, 3.8) is 0 Å². The topological polar surface area (TPSA) is 39.3 Å². The summed E-state index contributed by atoms with van der Waals surface area (Å²) in [7, 11) is 7.62. The first kappa shape index (κ1) is 15.9. The highest BCUT2D eigenvalue weighted by atomic mass is 15.0. The summed E-state index contributed by atoms with van der Waals surface area (Å²) in [5.41, 5.74) is 0. The van der Waals surface area contributed by atoms with Crippen LogP contribution in [0.4, 0.5) is 0 Å². The Morgan fingerprint density at radius 2 is 1.29 bits per heavy atom. The summed E-state index contributed by atoms with van der Waals surface area (Å²) in [4.78, 5) is 1.89. The van der Waals surface area contributed by atoms with Crippen molar-refractivity contribution in [1.82, 2.24) is 20.9 Å². The van der Waals surface area contributed by atoms with Crippen LogP contribution in [-0.4, -0.2) is 59.3 Å². The van der Waals surface area contributed by atoms with Gasteiger partial charge in [-0.2, -0.15) is 0 Å². The number of nitrogens with one attached hydrogen (secondary N) is 3. The third kappa shape index (κ3) is 22.5. The minimum absolute atomic E-state index is 1.14. The Labute approximate surface area is 88.7 Å². The van der Waals surface area contributed by atoms with Crippen molar-refractivity contribution in [2.24, 2.45) is 0 Å². The highest BCUT2D eigenvalue weighted by Gasteiger charge is 1.91. The molecule has 3 N–H and O–H groups in total. The second-order valence-electron chi connectivity index (χ2n) is 3.15. The van der Waals surface area contributed by atoms with E-state index in [-0.39, 0.29) is 0 Å². The van der Waals surface area contributed by atoms with Gasteiger partial charge in [0.1, 0.15) is 0 Å². The third-order valence-corrected chi connectivity index (χ3v) is 1.32. The molecular weight excluding hydrogens is 176 g/mol. The zero-order valence-corrected chi connectivity index (χ0v) is 10.1. The fraction of sp³-hybridized carbons (Fsp3) is 0.800. The van der Waals surface area contributed by atoms with E-state index in [1.165, 1.54) is 0 Å². The van der Waals surface area contributed by atoms with Gasteiger partial charge in [0.15, 0.2) is 0 Å². The molecule has 0 unspecified atom stereocenters. The van der Waals surface area contributed by atoms with Gasteiger partial charge in [-0.3, -0.25) is 0 Å². The SMILES string of the molecule is C1CNCCN1.C=CN(C)C.CNC. The van der Waals surface area contributed by atoms with Gasteiger partial charge in [0.2, 0.25) is 0 Å². The van der Waals surface area contributed by atoms with Crippen LogP contribution in [0.15, 0.2) is 12.8 Å². The first-order valence-corrected chi connectivity index (χ1v) is 4.98. The summed E-state index contributed by atoms with van der Waals surface area (Å²) >= 11 is 0. The van der Waals surface area contributed by atoms with Crippen LogP contribution in [0.2, 0.25) is 0 Å². The minimum Gasteiger partial charge on any atom is -0.384 e. The third-order valence-electron chi connectivity index (χ3n) is 1.32. The molecule has 1 rings (SSSR count). The molecule has 1 fully saturated rings. The van der Waals surface area contributed by atoms with Gasteiger partial charge in [-0.1, -0.05) is 6.58 Å². The van der Waals surface area contributed by atoms with E-state index in [0.29, 0.717) is 0 Å². The first-order valence-electron chi connectivity index (χ1n) is 4.98. The molecule has 0 spiro atoms. The molecule has 14 heavy (non-hydrogen) atoms. The van der Waals surface area contributed by atoms with Crippen LogP contribution in [0, 0.1) is 0 Å². The van der Waals surface area contributed by atoms with Gasteiger partial charge in [0.05, 0.1) is 0 Å². The molecule has 0 atom stereocenters. The molecule has 86 valence electrons. The summed E-state index contributed by atoms with van der Waals surface area (Å²) < 4.78 is 0. The predicted octanol–water partition coefficient (Wildman–Crippen LogP) is -0.294. The predicted molar refractivity (Wildman–Crippen MR) is 64.6 cm³/mol. The molecule has 1 heterocycles. The van der Waals surface area contributed by atoms with Crippen molar-refractivity contribution in [3.8, 4) is 0 Å². The quantitative estimate of drug-likeness (QED) is 0.546. The highest BCUT2D eigenvalue weighted by molar-refractivity contribution is 4.59. The smallest absolute Gasteiger partial charge is 0.00772 e. The Morgan fingerprint density at radius 1 is 1.07 bits per heavy atom. The van der Waals surface area contributed by atoms with Gasteiger partial charge in [0, 0.05) is 40.3 Å². The largest absolute Gasteiger partial charge is 0.384 e. The average Bonchev–Trinajstić information content (AvgIpc) is 2.22. The van der Waals surface area contributed by atoms with Crippen LogP contribution in [0.3, 0.4) is 0 Å². The monoisotopic (exact) mass is 202 g/mol. The lowest BCUT2D eigenvalue weighted by Crippen LogP contribution is -2.39. The Kier molecular flexibility index (Phi) is 16.9. The van der Waals surface area contributed by atoms with Crippen LogP contribution >= 0.6 is 0 Å². The molecule has 4 heteroatoms. The Balaban J connectivity index is 0. The van der Waals surface area contributed by atoms with Crippen molar-refractivity contribution in [2.75, 3.05) is 54.4 Å². The fourth-order valence-electron chi connectivity index (χ4n) is 0.604. The van der Waals surface area contributed by atoms with Crippen molar-refractivity contribution in [2.45, 2.75) is 0 Å². The molecule has 1 aliphatic rings. The van der Waals surface area contributed by atoms with E-state index >= 15 is 0 Å². The molecule has 0 aromatic carbocycles. The van der Waals surface area contributed by atoms with E-state index in [0.717, 1.165) is 26.2 Å². The lowest BCUT2D eigenvalue weighted by Gasteiger charge is -2.11. The molecule has 1 saturated heterocycles. The number of hydrogen-bond donors (Lipinski definition) is 3. The van der Waals surface area contributed by atoms with Crippen molar-refractivity contribution in [3.05, 3.63) is 12.8 Å². The van der Waals surface area contributed by atoms with Gasteiger partial charge >= 0.3 is 0 Å². The summed E-state index contributed by atoms with van der Waals surface area (Å²) in [6.45, 7) is 8.04. The number of rotatable bonds is 1. The molecule has 0 aromatic heterocycles. The molecule has 0 aliphatic carbocycles. The van der Waals surface area contributed by atoms with Crippen molar-refractivity contribution >= 4 is 0 Å². The van der Waals surface area contributed by atoms with Gasteiger partial charge in [-0.05, 0) is 20.3 Å². The summed E-state index contributed by atoms with van der Waals surface area (Å²) in [6.07, 6.45) is 1.75. The van der Waals surface area contributed by atoms with E-state index in [9.17, 15) is 0 Å². The van der Waals surface area contributed by atoms with Crippen molar-refractivity contribution in [1.29, 1.82) is 0 Å².